The monoisotopic (exact) mass is 419 g/mol. The van der Waals surface area contributed by atoms with E-state index < -0.39 is 0 Å². The number of Topliss-reactive ketones (excluding diaryl/α,β-unsaturated/α-hetero) is 1. The zero-order valence-electron chi connectivity index (χ0n) is 17.3. The smallest absolute Gasteiger partial charge is 0.329 e. The fourth-order valence-electron chi connectivity index (χ4n) is 4.81. The van der Waals surface area contributed by atoms with Gasteiger partial charge in [0.1, 0.15) is 17.3 Å². The second-order valence-electron chi connectivity index (χ2n) is 8.93. The van der Waals surface area contributed by atoms with Crippen molar-refractivity contribution in [3.8, 4) is 5.75 Å². The zero-order chi connectivity index (χ0) is 20.9. The molecule has 31 heavy (non-hydrogen) atoms. The van der Waals surface area contributed by atoms with Crippen LogP contribution in [0.1, 0.15) is 48.2 Å². The highest BCUT2D eigenvalue weighted by Crippen LogP contribution is 2.40. The fourth-order valence-corrected chi connectivity index (χ4v) is 4.81. The Kier molecular flexibility index (Phi) is 4.33. The number of anilines is 3. The van der Waals surface area contributed by atoms with Crippen molar-refractivity contribution in [3.63, 3.8) is 0 Å². The molecule has 2 aromatic rings. The maximum absolute atomic E-state index is 13.4. The minimum atomic E-state index is -0.253. The molecule has 5 heterocycles. The molecule has 1 saturated carbocycles. The number of fused-ring (bicyclic) bond motifs is 5. The van der Waals surface area contributed by atoms with E-state index in [9.17, 15) is 9.59 Å². The quantitative estimate of drug-likeness (QED) is 0.764. The van der Waals surface area contributed by atoms with E-state index in [0.717, 1.165) is 62.2 Å². The molecule has 0 unspecified atom stereocenters. The van der Waals surface area contributed by atoms with Gasteiger partial charge in [0.2, 0.25) is 0 Å². The van der Waals surface area contributed by atoms with Gasteiger partial charge in [-0.25, -0.2) is 14.8 Å². The Balaban J connectivity index is 1.29. The summed E-state index contributed by atoms with van der Waals surface area (Å²) in [5.41, 5.74) is 2.43. The first-order chi connectivity index (χ1) is 15.2. The summed E-state index contributed by atoms with van der Waals surface area (Å²) in [5, 5.41) is 2.95. The van der Waals surface area contributed by atoms with E-state index in [0.29, 0.717) is 36.3 Å². The minimum Gasteiger partial charge on any atom is -0.492 e. The number of aryl methyl sites for hydroxylation is 1. The van der Waals surface area contributed by atoms with Gasteiger partial charge in [0.05, 0.1) is 24.5 Å². The maximum Gasteiger partial charge on any atom is 0.329 e. The molecule has 0 radical (unpaired) electrons. The topological polar surface area (TPSA) is 87.7 Å². The van der Waals surface area contributed by atoms with Gasteiger partial charge in [0.15, 0.2) is 11.6 Å². The Morgan fingerprint density at radius 1 is 1.23 bits per heavy atom. The number of amides is 2. The van der Waals surface area contributed by atoms with Crippen molar-refractivity contribution in [1.82, 2.24) is 9.97 Å². The Morgan fingerprint density at radius 2 is 2.13 bits per heavy atom. The number of pyridine rings is 2. The predicted molar refractivity (Wildman–Crippen MR) is 116 cm³/mol. The van der Waals surface area contributed by atoms with Crippen LogP contribution in [0.2, 0.25) is 0 Å². The third-order valence-electron chi connectivity index (χ3n) is 6.66. The number of carbonyl (C=O) groups excluding carboxylic acids is 2. The van der Waals surface area contributed by atoms with Gasteiger partial charge in [0, 0.05) is 19.5 Å². The van der Waals surface area contributed by atoms with Crippen LogP contribution in [0.3, 0.4) is 0 Å². The normalized spacial score (nSPS) is 21.2. The van der Waals surface area contributed by atoms with Crippen molar-refractivity contribution >= 4 is 29.1 Å². The van der Waals surface area contributed by atoms with E-state index in [1.54, 1.807) is 11.1 Å². The molecule has 8 heteroatoms. The van der Waals surface area contributed by atoms with Gasteiger partial charge >= 0.3 is 6.03 Å². The maximum atomic E-state index is 13.4. The standard InChI is InChI=1S/C23H25N5O3/c29-19(10-14-3-4-14)17-5-6-18-22(25-17)28(16-7-8-27(18)13-16)23(30)26-21-11-15-2-1-9-31-20(15)12-24-21/h5-6,11-12,14,16H,1-4,7-10,13H2,(H,24,26,30)/t16-/m0/s1. The molecule has 6 rings (SSSR count). The molecule has 0 spiro atoms. The molecule has 4 aliphatic rings. The summed E-state index contributed by atoms with van der Waals surface area (Å²) in [7, 11) is 0. The van der Waals surface area contributed by atoms with E-state index >= 15 is 0 Å². The second-order valence-corrected chi connectivity index (χ2v) is 8.93. The molecule has 1 saturated heterocycles. The van der Waals surface area contributed by atoms with E-state index in [4.69, 9.17) is 4.74 Å². The molecule has 0 aromatic carbocycles. The number of rotatable bonds is 4. The first-order valence-electron chi connectivity index (χ1n) is 11.2. The van der Waals surface area contributed by atoms with E-state index in [2.05, 4.69) is 20.2 Å². The first kappa shape index (κ1) is 18.6. The summed E-state index contributed by atoms with van der Waals surface area (Å²) in [6.07, 6.45) is 7.23. The van der Waals surface area contributed by atoms with E-state index in [1.165, 1.54) is 0 Å². The first-order valence-corrected chi connectivity index (χ1v) is 11.2. The average Bonchev–Trinajstić information content (AvgIpc) is 3.51. The Labute approximate surface area is 180 Å². The van der Waals surface area contributed by atoms with Crippen LogP contribution in [-0.4, -0.2) is 47.5 Å². The molecule has 1 aliphatic carbocycles. The van der Waals surface area contributed by atoms with Crippen LogP contribution in [-0.2, 0) is 6.42 Å². The van der Waals surface area contributed by atoms with Crippen molar-refractivity contribution in [3.05, 3.63) is 35.7 Å². The molecule has 1 atom stereocenters. The molecule has 3 aliphatic heterocycles. The minimum absolute atomic E-state index is 0.0368. The van der Waals surface area contributed by atoms with Crippen LogP contribution in [0.15, 0.2) is 24.4 Å². The van der Waals surface area contributed by atoms with Crippen molar-refractivity contribution < 1.29 is 14.3 Å². The number of ketones is 1. The summed E-state index contributed by atoms with van der Waals surface area (Å²) in [4.78, 5) is 39.0. The van der Waals surface area contributed by atoms with Crippen molar-refractivity contribution in [2.75, 3.05) is 34.8 Å². The molecule has 2 fully saturated rings. The Bertz CT molecular complexity index is 1070. The van der Waals surface area contributed by atoms with Crippen LogP contribution in [0.5, 0.6) is 5.75 Å². The molecular formula is C23H25N5O3. The number of urea groups is 1. The highest BCUT2D eigenvalue weighted by molar-refractivity contribution is 6.05. The third kappa shape index (κ3) is 3.40. The van der Waals surface area contributed by atoms with Gasteiger partial charge in [-0.1, -0.05) is 0 Å². The summed E-state index contributed by atoms with van der Waals surface area (Å²) >= 11 is 0. The largest absolute Gasteiger partial charge is 0.492 e. The number of ether oxygens (including phenoxy) is 1. The lowest BCUT2D eigenvalue weighted by molar-refractivity contribution is 0.0971. The van der Waals surface area contributed by atoms with Crippen molar-refractivity contribution in [2.24, 2.45) is 5.92 Å². The Hall–Kier alpha value is -3.16. The lowest BCUT2D eigenvalue weighted by Crippen LogP contribution is -2.48. The van der Waals surface area contributed by atoms with Crippen LogP contribution in [0, 0.1) is 5.92 Å². The van der Waals surface area contributed by atoms with Gasteiger partial charge in [-0.3, -0.25) is 15.0 Å². The molecule has 2 amide bonds. The predicted octanol–water partition coefficient (Wildman–Crippen LogP) is 3.42. The highest BCUT2D eigenvalue weighted by atomic mass is 16.5. The number of carbonyl (C=O) groups is 2. The Morgan fingerprint density at radius 3 is 3.00 bits per heavy atom. The molecule has 2 bridgehead atoms. The number of nitrogens with one attached hydrogen (secondary N) is 1. The fraction of sp³-hybridized carbons (Fsp3) is 0.478. The van der Waals surface area contributed by atoms with Crippen LogP contribution in [0.25, 0.3) is 0 Å². The summed E-state index contributed by atoms with van der Waals surface area (Å²) in [6, 6.07) is 5.43. The summed E-state index contributed by atoms with van der Waals surface area (Å²) in [5.74, 6) is 2.45. The van der Waals surface area contributed by atoms with Gasteiger partial charge in [-0.2, -0.15) is 0 Å². The number of hydrogen-bond donors (Lipinski definition) is 1. The number of nitrogens with zero attached hydrogens (tertiary/aromatic N) is 4. The molecule has 160 valence electrons. The van der Waals surface area contributed by atoms with Crippen molar-refractivity contribution in [1.29, 1.82) is 0 Å². The average molecular weight is 419 g/mol. The highest BCUT2D eigenvalue weighted by Gasteiger charge is 2.41. The third-order valence-corrected chi connectivity index (χ3v) is 6.66. The van der Waals surface area contributed by atoms with Crippen LogP contribution < -0.4 is 19.9 Å². The summed E-state index contributed by atoms with van der Waals surface area (Å²) in [6.45, 7) is 2.37. The molecule has 1 N–H and O–H groups in total. The lowest BCUT2D eigenvalue weighted by atomic mass is 10.1. The van der Waals surface area contributed by atoms with Crippen LogP contribution in [0.4, 0.5) is 22.1 Å². The van der Waals surface area contributed by atoms with Crippen LogP contribution >= 0.6 is 0 Å². The van der Waals surface area contributed by atoms with Gasteiger partial charge in [0.25, 0.3) is 0 Å². The van der Waals surface area contributed by atoms with E-state index in [1.807, 2.05) is 18.2 Å². The van der Waals surface area contributed by atoms with Crippen molar-refractivity contribution in [2.45, 2.75) is 44.6 Å². The molecule has 2 aromatic heterocycles. The van der Waals surface area contributed by atoms with E-state index in [-0.39, 0.29) is 17.9 Å². The van der Waals surface area contributed by atoms with Gasteiger partial charge in [-0.05, 0) is 61.8 Å². The molecular weight excluding hydrogens is 394 g/mol. The SMILES string of the molecule is O=C(CC1CC1)c1ccc2c(n1)N(C(=O)Nc1cc3c(cn1)OCCC3)[C@H]1CCN2C1. The molecule has 8 nitrogen and oxygen atoms in total. The second kappa shape index (κ2) is 7.21. The zero-order valence-corrected chi connectivity index (χ0v) is 17.3. The van der Waals surface area contributed by atoms with Gasteiger partial charge < -0.3 is 9.64 Å². The summed E-state index contributed by atoms with van der Waals surface area (Å²) < 4.78 is 5.62. The number of hydrogen-bond acceptors (Lipinski definition) is 6. The van der Waals surface area contributed by atoms with Gasteiger partial charge in [-0.15, -0.1) is 0 Å². The number of aromatic nitrogens is 2. The lowest BCUT2D eigenvalue weighted by Gasteiger charge is -2.35.